The Balaban J connectivity index is 2.11. The summed E-state index contributed by atoms with van der Waals surface area (Å²) in [4.78, 5) is 4.07. The van der Waals surface area contributed by atoms with E-state index in [1.807, 2.05) is 0 Å². The molecular formula is C11H11F2N3O. The van der Waals surface area contributed by atoms with Crippen LogP contribution >= 0.6 is 0 Å². The number of hydrogen-bond acceptors (Lipinski definition) is 4. The lowest BCUT2D eigenvalue weighted by molar-refractivity contribution is 0.379. The Labute approximate surface area is 96.4 Å². The highest BCUT2D eigenvalue weighted by atomic mass is 19.2. The van der Waals surface area contributed by atoms with Crippen LogP contribution in [-0.2, 0) is 12.8 Å². The molecule has 0 unspecified atom stereocenters. The summed E-state index contributed by atoms with van der Waals surface area (Å²) in [5.74, 6) is -0.878. The molecule has 0 spiro atoms. The topological polar surface area (TPSA) is 64.9 Å². The van der Waals surface area contributed by atoms with E-state index in [1.165, 1.54) is 6.07 Å². The van der Waals surface area contributed by atoms with Gasteiger partial charge in [0.15, 0.2) is 17.5 Å². The summed E-state index contributed by atoms with van der Waals surface area (Å²) in [7, 11) is 0. The number of aromatic nitrogens is 2. The number of benzene rings is 1. The van der Waals surface area contributed by atoms with Crippen molar-refractivity contribution >= 4 is 0 Å². The Kier molecular flexibility index (Phi) is 3.43. The SMILES string of the molecule is NCCc1noc(Cc2ccc(F)c(F)c2)n1. The summed E-state index contributed by atoms with van der Waals surface area (Å²) in [6.45, 7) is 0.435. The van der Waals surface area contributed by atoms with E-state index >= 15 is 0 Å². The van der Waals surface area contributed by atoms with Crippen molar-refractivity contribution in [3.63, 3.8) is 0 Å². The van der Waals surface area contributed by atoms with Gasteiger partial charge in [-0.3, -0.25) is 0 Å². The number of nitrogens with zero attached hydrogens (tertiary/aromatic N) is 2. The third-order valence-electron chi connectivity index (χ3n) is 2.22. The summed E-state index contributed by atoms with van der Waals surface area (Å²) in [5, 5.41) is 3.71. The summed E-state index contributed by atoms with van der Waals surface area (Å²) in [5.41, 5.74) is 5.92. The van der Waals surface area contributed by atoms with Crippen molar-refractivity contribution in [2.24, 2.45) is 5.73 Å². The maximum atomic E-state index is 12.9. The van der Waals surface area contributed by atoms with E-state index in [4.69, 9.17) is 10.3 Å². The van der Waals surface area contributed by atoms with Crippen LogP contribution in [0.3, 0.4) is 0 Å². The highest BCUT2D eigenvalue weighted by molar-refractivity contribution is 5.20. The molecule has 0 fully saturated rings. The van der Waals surface area contributed by atoms with E-state index < -0.39 is 11.6 Å². The largest absolute Gasteiger partial charge is 0.339 e. The number of halogens is 2. The zero-order valence-electron chi connectivity index (χ0n) is 8.99. The second kappa shape index (κ2) is 5.01. The van der Waals surface area contributed by atoms with Crippen LogP contribution < -0.4 is 5.73 Å². The third kappa shape index (κ3) is 2.85. The first-order chi connectivity index (χ1) is 8.19. The van der Waals surface area contributed by atoms with Crippen LogP contribution in [0.1, 0.15) is 17.3 Å². The van der Waals surface area contributed by atoms with Crippen LogP contribution in [0.2, 0.25) is 0 Å². The van der Waals surface area contributed by atoms with Gasteiger partial charge in [-0.2, -0.15) is 4.98 Å². The van der Waals surface area contributed by atoms with Crippen LogP contribution in [0.25, 0.3) is 0 Å². The van der Waals surface area contributed by atoms with E-state index in [1.54, 1.807) is 0 Å². The minimum Gasteiger partial charge on any atom is -0.339 e. The molecule has 1 heterocycles. The molecule has 0 amide bonds. The van der Waals surface area contributed by atoms with Gasteiger partial charge in [-0.15, -0.1) is 0 Å². The fraction of sp³-hybridized carbons (Fsp3) is 0.273. The van der Waals surface area contributed by atoms with E-state index in [0.29, 0.717) is 30.2 Å². The molecular weight excluding hydrogens is 228 g/mol. The highest BCUT2D eigenvalue weighted by Gasteiger charge is 2.08. The molecule has 2 aromatic rings. The third-order valence-corrected chi connectivity index (χ3v) is 2.22. The van der Waals surface area contributed by atoms with Crippen molar-refractivity contribution in [2.45, 2.75) is 12.8 Å². The molecule has 0 aliphatic heterocycles. The first-order valence-electron chi connectivity index (χ1n) is 5.14. The molecule has 6 heteroatoms. The van der Waals surface area contributed by atoms with Crippen molar-refractivity contribution < 1.29 is 13.3 Å². The molecule has 0 radical (unpaired) electrons. The number of hydrogen-bond donors (Lipinski definition) is 1. The fourth-order valence-corrected chi connectivity index (χ4v) is 1.42. The zero-order valence-corrected chi connectivity index (χ0v) is 8.99. The molecule has 0 saturated carbocycles. The van der Waals surface area contributed by atoms with E-state index in [0.717, 1.165) is 12.1 Å². The van der Waals surface area contributed by atoms with E-state index in [-0.39, 0.29) is 6.42 Å². The predicted octanol–water partition coefficient (Wildman–Crippen LogP) is 1.44. The molecule has 2 rings (SSSR count). The average molecular weight is 239 g/mol. The molecule has 0 saturated heterocycles. The van der Waals surface area contributed by atoms with Crippen LogP contribution in [0.5, 0.6) is 0 Å². The van der Waals surface area contributed by atoms with Gasteiger partial charge >= 0.3 is 0 Å². The molecule has 1 aromatic heterocycles. The monoisotopic (exact) mass is 239 g/mol. The standard InChI is InChI=1S/C11H11F2N3O/c12-8-2-1-7(5-9(8)13)6-11-15-10(3-4-14)16-17-11/h1-2,5H,3-4,6,14H2. The molecule has 17 heavy (non-hydrogen) atoms. The molecule has 2 N–H and O–H groups in total. The van der Waals surface area contributed by atoms with Gasteiger partial charge in [0.2, 0.25) is 5.89 Å². The fourth-order valence-electron chi connectivity index (χ4n) is 1.42. The smallest absolute Gasteiger partial charge is 0.231 e. The normalized spacial score (nSPS) is 10.8. The van der Waals surface area contributed by atoms with Crippen molar-refractivity contribution in [1.29, 1.82) is 0 Å². The summed E-state index contributed by atoms with van der Waals surface area (Å²) in [6, 6.07) is 3.66. The van der Waals surface area contributed by atoms with Gasteiger partial charge in [0.05, 0.1) is 6.42 Å². The van der Waals surface area contributed by atoms with Crippen molar-refractivity contribution in [2.75, 3.05) is 6.54 Å². The van der Waals surface area contributed by atoms with Crippen LogP contribution in [0.4, 0.5) is 8.78 Å². The lowest BCUT2D eigenvalue weighted by Crippen LogP contribution is -2.04. The molecule has 0 bridgehead atoms. The van der Waals surface area contributed by atoms with Gasteiger partial charge in [-0.1, -0.05) is 11.2 Å². The van der Waals surface area contributed by atoms with E-state index in [9.17, 15) is 8.78 Å². The number of nitrogens with two attached hydrogens (primary N) is 1. The summed E-state index contributed by atoms with van der Waals surface area (Å²) < 4.78 is 30.6. The molecule has 90 valence electrons. The quantitative estimate of drug-likeness (QED) is 0.876. The predicted molar refractivity (Wildman–Crippen MR) is 56.2 cm³/mol. The van der Waals surface area contributed by atoms with Gasteiger partial charge in [0, 0.05) is 6.42 Å². The molecule has 1 aromatic carbocycles. The van der Waals surface area contributed by atoms with Gasteiger partial charge in [-0.05, 0) is 24.2 Å². The van der Waals surface area contributed by atoms with Crippen molar-refractivity contribution in [3.8, 4) is 0 Å². The average Bonchev–Trinajstić information content (AvgIpc) is 2.72. The Morgan fingerprint density at radius 1 is 1.24 bits per heavy atom. The maximum absolute atomic E-state index is 12.9. The first-order valence-corrected chi connectivity index (χ1v) is 5.14. The second-order valence-corrected chi connectivity index (χ2v) is 3.57. The minimum atomic E-state index is -0.885. The van der Waals surface area contributed by atoms with Crippen molar-refractivity contribution in [3.05, 3.63) is 47.1 Å². The Morgan fingerprint density at radius 2 is 2.06 bits per heavy atom. The Bertz CT molecular complexity index is 513. The Morgan fingerprint density at radius 3 is 2.76 bits per heavy atom. The Hall–Kier alpha value is -1.82. The summed E-state index contributed by atoms with van der Waals surface area (Å²) >= 11 is 0. The van der Waals surface area contributed by atoms with Crippen molar-refractivity contribution in [1.82, 2.24) is 10.1 Å². The van der Waals surface area contributed by atoms with Crippen LogP contribution in [0, 0.1) is 11.6 Å². The molecule has 0 atom stereocenters. The number of rotatable bonds is 4. The van der Waals surface area contributed by atoms with Crippen LogP contribution in [-0.4, -0.2) is 16.7 Å². The lowest BCUT2D eigenvalue weighted by Gasteiger charge is -1.97. The molecule has 0 aliphatic rings. The lowest BCUT2D eigenvalue weighted by atomic mass is 10.1. The first kappa shape index (κ1) is 11.7. The van der Waals surface area contributed by atoms with Crippen LogP contribution in [0.15, 0.2) is 22.7 Å². The second-order valence-electron chi connectivity index (χ2n) is 3.57. The van der Waals surface area contributed by atoms with Gasteiger partial charge < -0.3 is 10.3 Å². The minimum absolute atomic E-state index is 0.273. The van der Waals surface area contributed by atoms with Gasteiger partial charge in [-0.25, -0.2) is 8.78 Å². The molecule has 4 nitrogen and oxygen atoms in total. The summed E-state index contributed by atoms with van der Waals surface area (Å²) in [6.07, 6.45) is 0.802. The highest BCUT2D eigenvalue weighted by Crippen LogP contribution is 2.12. The van der Waals surface area contributed by atoms with Gasteiger partial charge in [0.25, 0.3) is 0 Å². The van der Waals surface area contributed by atoms with Gasteiger partial charge in [0.1, 0.15) is 0 Å². The maximum Gasteiger partial charge on any atom is 0.231 e. The zero-order chi connectivity index (χ0) is 12.3. The molecule has 0 aliphatic carbocycles. The van der Waals surface area contributed by atoms with E-state index in [2.05, 4.69) is 10.1 Å².